The maximum absolute atomic E-state index is 10.5. The molecule has 0 radical (unpaired) electrons. The molecule has 4 rings (SSSR count). The highest BCUT2D eigenvalue weighted by Crippen LogP contribution is 2.53. The van der Waals surface area contributed by atoms with E-state index in [0.29, 0.717) is 23.7 Å². The maximum atomic E-state index is 10.5. The molecule has 0 aliphatic carbocycles. The van der Waals surface area contributed by atoms with E-state index in [1.807, 2.05) is 11.5 Å². The second-order valence-corrected chi connectivity index (χ2v) is 9.29. The summed E-state index contributed by atoms with van der Waals surface area (Å²) in [5.41, 5.74) is 5.83. The van der Waals surface area contributed by atoms with Crippen LogP contribution in [0, 0.1) is 0 Å². The Morgan fingerprint density at radius 2 is 2.00 bits per heavy atom. The lowest BCUT2D eigenvalue weighted by atomic mass is 9.83. The number of hydrogen-bond acceptors (Lipinski definition) is 6. The second kappa shape index (κ2) is 8.79. The Kier molecular flexibility index (Phi) is 6.07. The van der Waals surface area contributed by atoms with Gasteiger partial charge in [0.05, 0.1) is 18.2 Å². The largest absolute Gasteiger partial charge is 0.504 e. The Labute approximate surface area is 192 Å². The van der Waals surface area contributed by atoms with Crippen LogP contribution in [0.15, 0.2) is 47.9 Å². The van der Waals surface area contributed by atoms with Crippen molar-refractivity contribution in [3.63, 3.8) is 0 Å². The van der Waals surface area contributed by atoms with Gasteiger partial charge < -0.3 is 24.7 Å². The molecule has 2 heterocycles. The Balaban J connectivity index is 1.88. The molecule has 2 aliphatic rings. The zero-order valence-corrected chi connectivity index (χ0v) is 19.5. The molecule has 0 unspecified atom stereocenters. The number of carbonyl (C=O) groups is 1. The first-order valence-corrected chi connectivity index (χ1v) is 11.5. The molecule has 0 amide bonds. The van der Waals surface area contributed by atoms with Crippen LogP contribution in [0.2, 0.25) is 0 Å². The van der Waals surface area contributed by atoms with E-state index in [1.165, 1.54) is 0 Å². The second-order valence-electron chi connectivity index (χ2n) is 8.35. The van der Waals surface area contributed by atoms with Gasteiger partial charge in [0, 0.05) is 34.6 Å². The summed E-state index contributed by atoms with van der Waals surface area (Å²) < 4.78 is 11.9. The number of methoxy groups -OCH3 is 1. The van der Waals surface area contributed by atoms with Gasteiger partial charge in [-0.2, -0.15) is 0 Å². The van der Waals surface area contributed by atoms with Crippen LogP contribution in [0.1, 0.15) is 38.3 Å². The number of phenols is 1. The Morgan fingerprint density at radius 3 is 2.75 bits per heavy atom. The maximum Gasteiger partial charge on any atom is 0.172 e. The van der Waals surface area contributed by atoms with Crippen molar-refractivity contribution < 1.29 is 19.4 Å². The molecular weight excluding hydrogens is 422 g/mol. The number of aldehydes is 1. The first-order chi connectivity index (χ1) is 15.4. The van der Waals surface area contributed by atoms with Gasteiger partial charge in [-0.3, -0.25) is 0 Å². The van der Waals surface area contributed by atoms with Gasteiger partial charge >= 0.3 is 0 Å². The number of ether oxygens (including phenoxy) is 2. The smallest absolute Gasteiger partial charge is 0.172 e. The van der Waals surface area contributed by atoms with Crippen molar-refractivity contribution in [3.05, 3.63) is 59.0 Å². The number of phenolic OH excluding ortho intramolecular Hbond substituents is 1. The summed E-state index contributed by atoms with van der Waals surface area (Å²) in [6.45, 7) is 6.40. The summed E-state index contributed by atoms with van der Waals surface area (Å²) in [4.78, 5) is 10.5. The normalized spacial score (nSPS) is 17.0. The fourth-order valence-corrected chi connectivity index (χ4v) is 4.96. The lowest BCUT2D eigenvalue weighted by Crippen LogP contribution is -2.32. The van der Waals surface area contributed by atoms with Crippen LogP contribution in [0.25, 0.3) is 22.5 Å². The van der Waals surface area contributed by atoms with E-state index in [4.69, 9.17) is 9.47 Å². The minimum absolute atomic E-state index is 0.0772. The van der Waals surface area contributed by atoms with Crippen molar-refractivity contribution >= 4 is 35.1 Å². The summed E-state index contributed by atoms with van der Waals surface area (Å²) in [7, 11) is 1.55. The summed E-state index contributed by atoms with van der Waals surface area (Å²) in [5, 5.41) is 15.9. The highest BCUT2D eigenvalue weighted by Gasteiger charge is 2.33. The molecule has 2 aromatic carbocycles. The summed E-state index contributed by atoms with van der Waals surface area (Å²) >= 11 is 1.60. The van der Waals surface area contributed by atoms with Crippen molar-refractivity contribution in [2.75, 3.05) is 18.2 Å². The third kappa shape index (κ3) is 4.02. The van der Waals surface area contributed by atoms with Gasteiger partial charge in [-0.15, -0.1) is 11.8 Å². The molecule has 0 saturated carbocycles. The van der Waals surface area contributed by atoms with E-state index in [0.717, 1.165) is 45.6 Å². The zero-order chi connectivity index (χ0) is 22.9. The number of thioether (sulfide) groups is 1. The molecule has 32 heavy (non-hydrogen) atoms. The first kappa shape index (κ1) is 22.1. The van der Waals surface area contributed by atoms with Gasteiger partial charge in [0.1, 0.15) is 17.8 Å². The Morgan fingerprint density at radius 1 is 1.19 bits per heavy atom. The number of allylic oxidation sites excluding steroid dienone is 2. The third-order valence-corrected chi connectivity index (χ3v) is 6.21. The average molecular weight is 450 g/mol. The molecule has 5 nitrogen and oxygen atoms in total. The zero-order valence-electron chi connectivity index (χ0n) is 18.7. The van der Waals surface area contributed by atoms with Crippen molar-refractivity contribution in [2.45, 2.75) is 32.7 Å². The summed E-state index contributed by atoms with van der Waals surface area (Å²) in [5.74, 6) is 2.58. The molecular formula is C26H27NO4S. The molecule has 166 valence electrons. The molecule has 0 spiro atoms. The van der Waals surface area contributed by atoms with Gasteiger partial charge in [0.2, 0.25) is 0 Å². The first-order valence-electron chi connectivity index (χ1n) is 10.5. The molecule has 2 aromatic rings. The van der Waals surface area contributed by atoms with Crippen LogP contribution in [-0.4, -0.2) is 29.8 Å². The number of fused-ring (bicyclic) bond motifs is 5. The fourth-order valence-electron chi connectivity index (χ4n) is 4.35. The number of hydrogen-bond donors (Lipinski definition) is 2. The average Bonchev–Trinajstić information content (AvgIpc) is 2.74. The molecule has 2 aliphatic heterocycles. The molecule has 6 heteroatoms. The third-order valence-electron chi connectivity index (χ3n) is 5.46. The standard InChI is InChI=1S/C26H27NO4S/c1-16-15-26(2,3)27-18-8-7-17-23(22(16)18)21(11-14-32-13-6-5-12-28)31-20-10-9-19(29)25(30-4)24(17)20/h6-13,15,27,29H,5,14H2,1-4H3/b13-6-,21-11-. The van der Waals surface area contributed by atoms with Crippen molar-refractivity contribution in [1.82, 2.24) is 0 Å². The highest BCUT2D eigenvalue weighted by atomic mass is 32.2. The van der Waals surface area contributed by atoms with Gasteiger partial charge in [-0.25, -0.2) is 0 Å². The van der Waals surface area contributed by atoms with Crippen molar-refractivity contribution in [1.29, 1.82) is 0 Å². The monoisotopic (exact) mass is 449 g/mol. The van der Waals surface area contributed by atoms with E-state index in [-0.39, 0.29) is 11.3 Å². The van der Waals surface area contributed by atoms with Crippen LogP contribution in [0.3, 0.4) is 0 Å². The number of aromatic hydroxyl groups is 1. The number of anilines is 1. The summed E-state index contributed by atoms with van der Waals surface area (Å²) in [6.07, 6.45) is 7.42. The fraction of sp³-hybridized carbons (Fsp3) is 0.269. The van der Waals surface area contributed by atoms with Crippen LogP contribution >= 0.6 is 11.8 Å². The minimum atomic E-state index is -0.155. The molecule has 0 fully saturated rings. The van der Waals surface area contributed by atoms with E-state index < -0.39 is 0 Å². The van der Waals surface area contributed by atoms with Crippen molar-refractivity contribution in [3.8, 4) is 28.4 Å². The quantitative estimate of drug-likeness (QED) is 0.402. The molecule has 0 saturated heterocycles. The van der Waals surface area contributed by atoms with Gasteiger partial charge in [0.25, 0.3) is 0 Å². The lowest BCUT2D eigenvalue weighted by Gasteiger charge is -2.35. The van der Waals surface area contributed by atoms with Gasteiger partial charge in [-0.05, 0) is 56.0 Å². The Bertz CT molecular complexity index is 1160. The van der Waals surface area contributed by atoms with Crippen LogP contribution in [0.4, 0.5) is 5.69 Å². The number of rotatable bonds is 6. The number of nitrogens with one attached hydrogen (secondary N) is 1. The van der Waals surface area contributed by atoms with E-state index in [1.54, 1.807) is 31.0 Å². The minimum Gasteiger partial charge on any atom is -0.504 e. The van der Waals surface area contributed by atoms with Gasteiger partial charge in [-0.1, -0.05) is 18.2 Å². The van der Waals surface area contributed by atoms with Crippen LogP contribution < -0.4 is 14.8 Å². The van der Waals surface area contributed by atoms with Crippen molar-refractivity contribution in [2.24, 2.45) is 0 Å². The number of carbonyl (C=O) groups excluding carboxylic acids is 1. The summed E-state index contributed by atoms with van der Waals surface area (Å²) in [6, 6.07) is 7.50. The topological polar surface area (TPSA) is 67.8 Å². The van der Waals surface area contributed by atoms with E-state index in [9.17, 15) is 9.90 Å². The van der Waals surface area contributed by atoms with E-state index >= 15 is 0 Å². The predicted molar refractivity (Wildman–Crippen MR) is 132 cm³/mol. The highest BCUT2D eigenvalue weighted by molar-refractivity contribution is 8.02. The SMILES string of the molecule is COc1c(O)ccc2c1-c1ccc3c(c1/C(=C/CS/C=C\CC=O)O2)C(C)=CC(C)(C)N3. The van der Waals surface area contributed by atoms with Crippen LogP contribution in [0.5, 0.6) is 17.2 Å². The van der Waals surface area contributed by atoms with Crippen LogP contribution in [-0.2, 0) is 4.79 Å². The van der Waals surface area contributed by atoms with Gasteiger partial charge in [0.15, 0.2) is 11.5 Å². The number of benzene rings is 2. The molecule has 0 aromatic heterocycles. The molecule has 0 bridgehead atoms. The Hall–Kier alpha value is -3.12. The lowest BCUT2D eigenvalue weighted by molar-refractivity contribution is -0.107. The molecule has 0 atom stereocenters. The predicted octanol–water partition coefficient (Wildman–Crippen LogP) is 6.24. The molecule has 2 N–H and O–H groups in total. The van der Waals surface area contributed by atoms with E-state index in [2.05, 4.69) is 50.4 Å².